The van der Waals surface area contributed by atoms with Crippen molar-refractivity contribution in [2.45, 2.75) is 56.8 Å². The van der Waals surface area contributed by atoms with Crippen molar-refractivity contribution in [2.24, 2.45) is 17.3 Å². The fourth-order valence-corrected chi connectivity index (χ4v) is 4.21. The van der Waals surface area contributed by atoms with Gasteiger partial charge in [0.25, 0.3) is 5.91 Å². The molecule has 10 heteroatoms. The van der Waals surface area contributed by atoms with Gasteiger partial charge in [-0.1, -0.05) is 13.3 Å². The van der Waals surface area contributed by atoms with E-state index in [2.05, 4.69) is 10.4 Å². The first-order valence-corrected chi connectivity index (χ1v) is 9.92. The molecule has 0 saturated carbocycles. The molecule has 0 aromatic carbocycles. The van der Waals surface area contributed by atoms with Gasteiger partial charge >= 0.3 is 0 Å². The Kier molecular flexibility index (Phi) is 8.86. The minimum absolute atomic E-state index is 0.233. The largest absolute Gasteiger partial charge is 0.355 e. The Morgan fingerprint density at radius 3 is 2.79 bits per heavy atom. The van der Waals surface area contributed by atoms with Crippen molar-refractivity contribution in [2.75, 3.05) is 19.6 Å². The van der Waals surface area contributed by atoms with E-state index >= 15 is 0 Å². The van der Waals surface area contributed by atoms with Crippen molar-refractivity contribution in [3.8, 4) is 0 Å². The van der Waals surface area contributed by atoms with Crippen LogP contribution in [0.1, 0.15) is 45.4 Å². The molecular weight excluding hydrogens is 331 g/mol. The van der Waals surface area contributed by atoms with E-state index in [9.17, 15) is 14.2 Å². The quantitative estimate of drug-likeness (QED) is 0.148. The van der Waals surface area contributed by atoms with Crippen molar-refractivity contribution < 1.29 is 14.2 Å². The lowest BCUT2D eigenvalue weighted by Crippen LogP contribution is -2.60. The highest BCUT2D eigenvalue weighted by molar-refractivity contribution is 7.45. The highest BCUT2D eigenvalue weighted by Gasteiger charge is 2.45. The molecule has 0 radical (unpaired) electrons. The van der Waals surface area contributed by atoms with Gasteiger partial charge in [0.2, 0.25) is 5.91 Å². The summed E-state index contributed by atoms with van der Waals surface area (Å²) < 4.78 is 12.7. The monoisotopic (exact) mass is 362 g/mol. The number of carbonyl (C=O) groups is 2. The Morgan fingerprint density at radius 2 is 2.17 bits per heavy atom. The minimum Gasteiger partial charge on any atom is -0.355 e. The molecule has 0 bridgehead atoms. The number of unbranched alkanes of at least 4 members (excludes halogenated alkanes) is 1. The maximum absolute atomic E-state index is 12.7. The molecule has 0 aromatic heterocycles. The standard InChI is InChI=1S/C14H31N6O3P/c1-2-9-18-12(21)11(6-3-4-8-15)19-24(23)14(16)7-5-10-20(17)13(14)22/h11,24H,2-10,15-17H2,1H3,(H,18,21)(H,19,23)/t11?,14-/m0/s1. The summed E-state index contributed by atoms with van der Waals surface area (Å²) in [5, 5.41) is 5.07. The highest BCUT2D eigenvalue weighted by atomic mass is 31.1. The Labute approximate surface area is 143 Å². The average Bonchev–Trinajstić information content (AvgIpc) is 2.56. The third-order valence-electron chi connectivity index (χ3n) is 4.14. The van der Waals surface area contributed by atoms with Gasteiger partial charge in [-0.25, -0.2) is 5.84 Å². The summed E-state index contributed by atoms with van der Waals surface area (Å²) in [6.45, 7) is 3.41. The predicted molar refractivity (Wildman–Crippen MR) is 94.2 cm³/mol. The molecule has 9 nitrogen and oxygen atoms in total. The van der Waals surface area contributed by atoms with Crippen LogP contribution in [-0.4, -0.2) is 47.8 Å². The molecule has 0 aromatic rings. The molecular formula is C14H31N6O3P. The van der Waals surface area contributed by atoms with Crippen LogP contribution in [0.4, 0.5) is 0 Å². The lowest BCUT2D eigenvalue weighted by Gasteiger charge is -2.37. The van der Waals surface area contributed by atoms with Gasteiger partial charge in [0, 0.05) is 13.1 Å². The van der Waals surface area contributed by atoms with E-state index in [4.69, 9.17) is 17.3 Å². The van der Waals surface area contributed by atoms with Crippen molar-refractivity contribution >= 4 is 19.8 Å². The van der Waals surface area contributed by atoms with Crippen LogP contribution < -0.4 is 27.7 Å². The van der Waals surface area contributed by atoms with Crippen LogP contribution in [0.25, 0.3) is 0 Å². The third kappa shape index (κ3) is 5.53. The summed E-state index contributed by atoms with van der Waals surface area (Å²) in [6, 6.07) is -0.657. The lowest BCUT2D eigenvalue weighted by molar-refractivity contribution is -0.137. The molecule has 1 rings (SSSR count). The molecule has 8 N–H and O–H groups in total. The van der Waals surface area contributed by atoms with Crippen LogP contribution in [0.5, 0.6) is 0 Å². The van der Waals surface area contributed by atoms with E-state index in [0.717, 1.165) is 24.3 Å². The fraction of sp³-hybridized carbons (Fsp3) is 0.857. The number of nitrogens with zero attached hydrogens (tertiary/aromatic N) is 1. The summed E-state index contributed by atoms with van der Waals surface area (Å²) in [4.78, 5) is 24.5. The smallest absolute Gasteiger partial charge is 0.265 e. The van der Waals surface area contributed by atoms with E-state index in [1.807, 2.05) is 6.92 Å². The fourth-order valence-electron chi connectivity index (χ4n) is 2.62. The molecule has 1 heterocycles. The van der Waals surface area contributed by atoms with Gasteiger partial charge in [-0.2, -0.15) is 0 Å². The SMILES string of the molecule is CCCNC(=O)C(CCCCN)N[PH](=O)[C@@]1(N)CCCN(N)C1=O. The van der Waals surface area contributed by atoms with Gasteiger partial charge in [-0.3, -0.25) is 19.7 Å². The lowest BCUT2D eigenvalue weighted by atomic mass is 10.1. The topological polar surface area (TPSA) is 157 Å². The Hall–Kier alpha value is -0.990. The Bertz CT molecular complexity index is 464. The van der Waals surface area contributed by atoms with Crippen molar-refractivity contribution in [1.29, 1.82) is 0 Å². The number of amides is 2. The van der Waals surface area contributed by atoms with Crippen molar-refractivity contribution in [3.05, 3.63) is 0 Å². The second-order valence-corrected chi connectivity index (χ2v) is 8.01. The summed E-state index contributed by atoms with van der Waals surface area (Å²) >= 11 is 0. The number of nitrogens with two attached hydrogens (primary N) is 3. The van der Waals surface area contributed by atoms with Crippen LogP contribution in [-0.2, 0) is 14.2 Å². The van der Waals surface area contributed by atoms with Crippen LogP contribution in [0.3, 0.4) is 0 Å². The molecule has 0 spiro atoms. The molecule has 3 atom stereocenters. The molecule has 24 heavy (non-hydrogen) atoms. The molecule has 0 aliphatic carbocycles. The van der Waals surface area contributed by atoms with Crippen LogP contribution in [0.15, 0.2) is 0 Å². The average molecular weight is 362 g/mol. The van der Waals surface area contributed by atoms with E-state index in [1.165, 1.54) is 0 Å². The Morgan fingerprint density at radius 1 is 1.46 bits per heavy atom. The number of carbonyl (C=O) groups excluding carboxylic acids is 2. The zero-order valence-electron chi connectivity index (χ0n) is 14.3. The summed E-state index contributed by atoms with van der Waals surface area (Å²) in [5.41, 5.74) is 11.6. The first-order valence-electron chi connectivity index (χ1n) is 8.51. The molecule has 2 amide bonds. The highest BCUT2D eigenvalue weighted by Crippen LogP contribution is 2.39. The molecule has 2 unspecified atom stereocenters. The molecule has 1 saturated heterocycles. The van der Waals surface area contributed by atoms with Crippen molar-refractivity contribution in [3.63, 3.8) is 0 Å². The van der Waals surface area contributed by atoms with Gasteiger partial charge in [-0.05, 0) is 38.6 Å². The zero-order chi connectivity index (χ0) is 18.2. The summed E-state index contributed by atoms with van der Waals surface area (Å²) in [6.07, 6.45) is 3.64. The minimum atomic E-state index is -2.76. The van der Waals surface area contributed by atoms with Gasteiger partial charge < -0.3 is 21.3 Å². The van der Waals surface area contributed by atoms with E-state index < -0.39 is 25.2 Å². The molecule has 1 fully saturated rings. The van der Waals surface area contributed by atoms with Crippen LogP contribution in [0.2, 0.25) is 0 Å². The number of hydrogen-bond acceptors (Lipinski definition) is 6. The van der Waals surface area contributed by atoms with E-state index in [0.29, 0.717) is 32.5 Å². The van der Waals surface area contributed by atoms with Gasteiger partial charge in [0.1, 0.15) is 0 Å². The second-order valence-electron chi connectivity index (χ2n) is 6.17. The first kappa shape index (κ1) is 21.1. The van der Waals surface area contributed by atoms with Crippen LogP contribution in [0, 0.1) is 0 Å². The van der Waals surface area contributed by atoms with Gasteiger partial charge in [0.15, 0.2) is 13.2 Å². The number of hydrogen-bond donors (Lipinski definition) is 5. The van der Waals surface area contributed by atoms with E-state index in [1.54, 1.807) is 0 Å². The number of rotatable bonds is 10. The number of piperidine rings is 1. The number of nitrogens with one attached hydrogen (secondary N) is 2. The molecule has 1 aliphatic heterocycles. The normalized spacial score (nSPS) is 23.8. The zero-order valence-corrected chi connectivity index (χ0v) is 15.3. The molecule has 140 valence electrons. The van der Waals surface area contributed by atoms with E-state index in [-0.39, 0.29) is 12.3 Å². The van der Waals surface area contributed by atoms with Gasteiger partial charge in [-0.15, -0.1) is 0 Å². The second kappa shape index (κ2) is 10.1. The number of hydrazine groups is 1. The summed E-state index contributed by atoms with van der Waals surface area (Å²) in [5.74, 6) is 4.83. The predicted octanol–water partition coefficient (Wildman–Crippen LogP) is -0.774. The summed E-state index contributed by atoms with van der Waals surface area (Å²) in [7, 11) is -2.76. The first-order chi connectivity index (χ1) is 11.4. The third-order valence-corrected chi connectivity index (χ3v) is 6.02. The maximum Gasteiger partial charge on any atom is 0.265 e. The maximum atomic E-state index is 12.7. The van der Waals surface area contributed by atoms with Crippen molar-refractivity contribution in [1.82, 2.24) is 15.4 Å². The van der Waals surface area contributed by atoms with Gasteiger partial charge in [0.05, 0.1) is 6.04 Å². The molecule has 1 aliphatic rings. The Balaban J connectivity index is 2.77. The van der Waals surface area contributed by atoms with Crippen LogP contribution >= 0.6 is 7.95 Å².